The van der Waals surface area contributed by atoms with Gasteiger partial charge in [0.15, 0.2) is 0 Å². The Morgan fingerprint density at radius 2 is 2.05 bits per heavy atom. The summed E-state index contributed by atoms with van der Waals surface area (Å²) in [5.74, 6) is 1.14. The highest BCUT2D eigenvalue weighted by Gasteiger charge is 2.13. The summed E-state index contributed by atoms with van der Waals surface area (Å²) < 4.78 is 0. The van der Waals surface area contributed by atoms with Crippen LogP contribution in [0.3, 0.4) is 0 Å². The summed E-state index contributed by atoms with van der Waals surface area (Å²) in [6.45, 7) is 2.12. The molecule has 6 heteroatoms. The van der Waals surface area contributed by atoms with Crippen molar-refractivity contribution in [3.8, 4) is 0 Å². The first-order chi connectivity index (χ1) is 9.95. The number of amides is 2. The number of nitrogens with one attached hydrogen (secondary N) is 1. The number of anilines is 1. The molecule has 2 amide bonds. The van der Waals surface area contributed by atoms with Crippen molar-refractivity contribution < 1.29 is 9.59 Å². The molecule has 1 aromatic rings. The number of nitrogens with zero attached hydrogens (tertiary/aromatic N) is 1. The van der Waals surface area contributed by atoms with Crippen molar-refractivity contribution in [3.63, 3.8) is 0 Å². The van der Waals surface area contributed by atoms with Crippen LogP contribution in [0.1, 0.15) is 30.1 Å². The first-order valence-electron chi connectivity index (χ1n) is 6.84. The van der Waals surface area contributed by atoms with Crippen LogP contribution in [-0.2, 0) is 4.79 Å². The molecule has 0 heterocycles. The van der Waals surface area contributed by atoms with Gasteiger partial charge in [0.25, 0.3) is 5.91 Å². The molecule has 116 valence electrons. The third-order valence-corrected chi connectivity index (χ3v) is 4.14. The van der Waals surface area contributed by atoms with Crippen LogP contribution in [0.15, 0.2) is 18.2 Å². The fourth-order valence-electron chi connectivity index (χ4n) is 1.62. The van der Waals surface area contributed by atoms with E-state index in [9.17, 15) is 9.59 Å². The van der Waals surface area contributed by atoms with Gasteiger partial charge in [0.2, 0.25) is 5.91 Å². The molecule has 1 rings (SSSR count). The Kier molecular flexibility index (Phi) is 7.61. The Labute approximate surface area is 135 Å². The summed E-state index contributed by atoms with van der Waals surface area (Å²) in [6.07, 6.45) is 2.24. The molecule has 0 fully saturated rings. The molecule has 0 saturated carbocycles. The summed E-state index contributed by atoms with van der Waals surface area (Å²) >= 11 is 7.64. The van der Waals surface area contributed by atoms with Crippen LogP contribution in [0.5, 0.6) is 0 Å². The van der Waals surface area contributed by atoms with Gasteiger partial charge >= 0.3 is 0 Å². The molecule has 21 heavy (non-hydrogen) atoms. The van der Waals surface area contributed by atoms with Gasteiger partial charge in [-0.05, 0) is 30.4 Å². The molecule has 0 radical (unpaired) electrons. The highest BCUT2D eigenvalue weighted by atomic mass is 35.5. The Morgan fingerprint density at radius 3 is 2.67 bits per heavy atom. The molecular formula is C15H21ClN2O2S. The molecule has 1 N–H and O–H groups in total. The molecule has 4 nitrogen and oxygen atoms in total. The second kappa shape index (κ2) is 8.95. The van der Waals surface area contributed by atoms with Crippen LogP contribution in [0.25, 0.3) is 0 Å². The van der Waals surface area contributed by atoms with E-state index in [1.54, 1.807) is 44.1 Å². The maximum absolute atomic E-state index is 12.0. The van der Waals surface area contributed by atoms with E-state index in [1.807, 2.05) is 0 Å². The van der Waals surface area contributed by atoms with Crippen LogP contribution in [-0.4, -0.2) is 42.3 Å². The number of hydrogen-bond donors (Lipinski definition) is 1. The van der Waals surface area contributed by atoms with Crippen LogP contribution in [0.4, 0.5) is 5.69 Å². The second-order valence-electron chi connectivity index (χ2n) is 4.85. The van der Waals surface area contributed by atoms with Crippen molar-refractivity contribution in [1.82, 2.24) is 4.90 Å². The zero-order chi connectivity index (χ0) is 15.8. The highest BCUT2D eigenvalue weighted by Crippen LogP contribution is 2.22. The van der Waals surface area contributed by atoms with Crippen LogP contribution in [0, 0.1) is 0 Å². The normalized spacial score (nSPS) is 10.3. The predicted molar refractivity (Wildman–Crippen MR) is 90.3 cm³/mol. The van der Waals surface area contributed by atoms with Crippen LogP contribution in [0.2, 0.25) is 5.02 Å². The molecular weight excluding hydrogens is 308 g/mol. The summed E-state index contributed by atoms with van der Waals surface area (Å²) in [7, 11) is 3.32. The lowest BCUT2D eigenvalue weighted by Gasteiger charge is -2.13. The molecule has 0 saturated heterocycles. The summed E-state index contributed by atoms with van der Waals surface area (Å²) in [5.41, 5.74) is 0.976. The highest BCUT2D eigenvalue weighted by molar-refractivity contribution is 7.99. The predicted octanol–water partition coefficient (Wildman–Crippen LogP) is 3.51. The van der Waals surface area contributed by atoms with E-state index in [2.05, 4.69) is 12.2 Å². The fraction of sp³-hybridized carbons (Fsp3) is 0.467. The minimum absolute atomic E-state index is 0.0679. The Balaban J connectivity index is 2.66. The number of carbonyl (C=O) groups is 2. The molecule has 0 aromatic heterocycles. The van der Waals surface area contributed by atoms with Gasteiger partial charge in [0.05, 0.1) is 16.3 Å². The number of benzene rings is 1. The lowest BCUT2D eigenvalue weighted by molar-refractivity contribution is -0.113. The Hall–Kier alpha value is -1.20. The van der Waals surface area contributed by atoms with E-state index >= 15 is 0 Å². The molecule has 0 aliphatic rings. The fourth-order valence-corrected chi connectivity index (χ4v) is 2.71. The third-order valence-electron chi connectivity index (χ3n) is 2.76. The first-order valence-corrected chi connectivity index (χ1v) is 8.37. The molecule has 0 spiro atoms. The van der Waals surface area contributed by atoms with Crippen molar-refractivity contribution in [2.24, 2.45) is 0 Å². The van der Waals surface area contributed by atoms with Crippen LogP contribution < -0.4 is 5.32 Å². The quantitative estimate of drug-likeness (QED) is 0.779. The molecule has 1 aromatic carbocycles. The maximum Gasteiger partial charge on any atom is 0.254 e. The average molecular weight is 329 g/mol. The third kappa shape index (κ3) is 5.98. The topological polar surface area (TPSA) is 49.4 Å². The van der Waals surface area contributed by atoms with Gasteiger partial charge in [-0.2, -0.15) is 11.8 Å². The number of thioether (sulfide) groups is 1. The summed E-state index contributed by atoms with van der Waals surface area (Å²) in [6, 6.07) is 4.93. The summed E-state index contributed by atoms with van der Waals surface area (Å²) in [4.78, 5) is 25.2. The first kappa shape index (κ1) is 17.9. The van der Waals surface area contributed by atoms with Gasteiger partial charge < -0.3 is 10.2 Å². The standard InChI is InChI=1S/C15H21ClN2O2S/c1-4-5-8-21-10-14(19)17-11-6-7-13(16)12(9-11)15(20)18(2)3/h6-7,9H,4-5,8,10H2,1-3H3,(H,17,19). The molecule has 0 unspecified atom stereocenters. The van der Waals surface area contributed by atoms with Crippen molar-refractivity contribution in [1.29, 1.82) is 0 Å². The largest absolute Gasteiger partial charge is 0.345 e. The summed E-state index contributed by atoms with van der Waals surface area (Å²) in [5, 5.41) is 3.17. The maximum atomic E-state index is 12.0. The van der Waals surface area contributed by atoms with E-state index in [1.165, 1.54) is 4.90 Å². The van der Waals surface area contributed by atoms with Gasteiger partial charge in [0, 0.05) is 19.8 Å². The van der Waals surface area contributed by atoms with Crippen molar-refractivity contribution in [2.75, 3.05) is 30.9 Å². The molecule has 0 aliphatic carbocycles. The minimum Gasteiger partial charge on any atom is -0.345 e. The van der Waals surface area contributed by atoms with E-state index < -0.39 is 0 Å². The van der Waals surface area contributed by atoms with Gasteiger partial charge in [0.1, 0.15) is 0 Å². The number of carbonyl (C=O) groups excluding carboxylic acids is 2. The molecule has 0 atom stereocenters. The lowest BCUT2D eigenvalue weighted by atomic mass is 10.1. The van der Waals surface area contributed by atoms with Crippen molar-refractivity contribution in [2.45, 2.75) is 19.8 Å². The van der Waals surface area contributed by atoms with E-state index in [-0.39, 0.29) is 11.8 Å². The lowest BCUT2D eigenvalue weighted by Crippen LogP contribution is -2.22. The van der Waals surface area contributed by atoms with E-state index in [4.69, 9.17) is 11.6 Å². The Morgan fingerprint density at radius 1 is 1.33 bits per heavy atom. The van der Waals surface area contributed by atoms with Gasteiger partial charge in [-0.15, -0.1) is 0 Å². The van der Waals surface area contributed by atoms with Crippen LogP contribution >= 0.6 is 23.4 Å². The average Bonchev–Trinajstić information content (AvgIpc) is 2.45. The number of unbranched alkanes of at least 4 members (excludes halogenated alkanes) is 1. The van der Waals surface area contributed by atoms with Gasteiger partial charge in [-0.3, -0.25) is 9.59 Å². The smallest absolute Gasteiger partial charge is 0.254 e. The molecule has 0 bridgehead atoms. The molecule has 0 aliphatic heterocycles. The van der Waals surface area contributed by atoms with Crippen molar-refractivity contribution in [3.05, 3.63) is 28.8 Å². The van der Waals surface area contributed by atoms with Crippen molar-refractivity contribution >= 4 is 40.9 Å². The monoisotopic (exact) mass is 328 g/mol. The minimum atomic E-state index is -0.187. The number of halogens is 1. The van der Waals surface area contributed by atoms with E-state index in [0.29, 0.717) is 22.0 Å². The zero-order valence-corrected chi connectivity index (χ0v) is 14.2. The number of hydrogen-bond acceptors (Lipinski definition) is 3. The number of rotatable bonds is 7. The second-order valence-corrected chi connectivity index (χ2v) is 6.36. The Bertz CT molecular complexity index is 506. The zero-order valence-electron chi connectivity index (χ0n) is 12.6. The van der Waals surface area contributed by atoms with Gasteiger partial charge in [-0.25, -0.2) is 0 Å². The SMILES string of the molecule is CCCCSCC(=O)Nc1ccc(Cl)c(C(=O)N(C)C)c1. The van der Waals surface area contributed by atoms with Gasteiger partial charge in [-0.1, -0.05) is 24.9 Å². The van der Waals surface area contributed by atoms with E-state index in [0.717, 1.165) is 18.6 Å².